The van der Waals surface area contributed by atoms with Crippen LogP contribution in [0.2, 0.25) is 0 Å². The third-order valence-electron chi connectivity index (χ3n) is 2.13. The van der Waals surface area contributed by atoms with Gasteiger partial charge in [0.2, 0.25) is 0 Å². The summed E-state index contributed by atoms with van der Waals surface area (Å²) in [6, 6.07) is 0. The van der Waals surface area contributed by atoms with Gasteiger partial charge in [0.15, 0.2) is 25.9 Å². The highest BCUT2D eigenvalue weighted by molar-refractivity contribution is 7.22. The van der Waals surface area contributed by atoms with Crippen molar-refractivity contribution in [2.75, 3.05) is 0 Å². The lowest BCUT2D eigenvalue weighted by Crippen LogP contribution is -2.07. The zero-order valence-electron chi connectivity index (χ0n) is 7.87. The quantitative estimate of drug-likeness (QED) is 0.454. The lowest BCUT2D eigenvalue weighted by atomic mass is 10.0. The fraction of sp³-hybridized carbons (Fsp3) is 0.333. The van der Waals surface area contributed by atoms with Gasteiger partial charge in [-0.25, -0.2) is 22.0 Å². The van der Waals surface area contributed by atoms with E-state index in [2.05, 4.69) is 0 Å². The summed E-state index contributed by atoms with van der Waals surface area (Å²) in [4.78, 5) is 0. The van der Waals surface area contributed by atoms with Gasteiger partial charge in [-0.05, 0) is 5.56 Å². The second kappa shape index (κ2) is 5.34. The largest absolute Gasteiger partial charge is 0.275 e. The van der Waals surface area contributed by atoms with Crippen LogP contribution < -0.4 is 0 Å². The smallest absolute Gasteiger partial charge is 0.195 e. The maximum Gasteiger partial charge on any atom is 0.195 e. The molecule has 7 heteroatoms. The van der Waals surface area contributed by atoms with E-state index >= 15 is 0 Å². The van der Waals surface area contributed by atoms with E-state index in [1.54, 1.807) is 0 Å². The zero-order chi connectivity index (χ0) is 12.3. The number of hydrogen-bond donors (Lipinski definition) is 0. The molecule has 0 amide bonds. The van der Waals surface area contributed by atoms with Crippen LogP contribution in [0.3, 0.4) is 0 Å². The number of hydrogen-bond acceptors (Lipinski definition) is 1. The van der Waals surface area contributed by atoms with Gasteiger partial charge in [0.1, 0.15) is 13.3 Å². The predicted molar refractivity (Wildman–Crippen MR) is 47.3 cm³/mol. The number of halogens is 5. The Labute approximate surface area is 89.5 Å². The van der Waals surface area contributed by atoms with Gasteiger partial charge < -0.3 is 0 Å². The molecule has 0 heterocycles. The topological polar surface area (TPSA) is 17.1 Å². The number of alkyl halides is 2. The van der Waals surface area contributed by atoms with E-state index in [4.69, 9.17) is 0 Å². The fourth-order valence-corrected chi connectivity index (χ4v) is 1.80. The molecule has 0 radical (unpaired) electrons. The molecule has 0 aliphatic carbocycles. The summed E-state index contributed by atoms with van der Waals surface area (Å²) < 4.78 is 74.3. The van der Waals surface area contributed by atoms with Crippen LogP contribution in [-0.4, -0.2) is 0 Å². The molecule has 16 heavy (non-hydrogen) atoms. The van der Waals surface area contributed by atoms with Crippen molar-refractivity contribution in [2.45, 2.75) is 19.5 Å². The average Bonchev–Trinajstić information content (AvgIpc) is 2.29. The standard InChI is InChI=1S/C9H6F5OP/c10-1-4-5(2-11)7(12)9(14)8(13)6(4)3-16-15/h1-3H2. The second-order valence-corrected chi connectivity index (χ2v) is 3.51. The molecule has 0 bridgehead atoms. The first-order valence-electron chi connectivity index (χ1n) is 4.16. The molecule has 0 unspecified atom stereocenters. The van der Waals surface area contributed by atoms with Gasteiger partial charge >= 0.3 is 0 Å². The molecule has 0 atom stereocenters. The molecule has 88 valence electrons. The van der Waals surface area contributed by atoms with Crippen molar-refractivity contribution in [1.29, 1.82) is 0 Å². The Morgan fingerprint density at radius 3 is 1.75 bits per heavy atom. The molecule has 1 rings (SSSR count). The first-order valence-corrected chi connectivity index (χ1v) is 5.16. The summed E-state index contributed by atoms with van der Waals surface area (Å²) in [5.41, 5.74) is -2.06. The monoisotopic (exact) mass is 256 g/mol. The van der Waals surface area contributed by atoms with Crippen LogP contribution in [0, 0.1) is 17.5 Å². The first kappa shape index (κ1) is 13.0. The normalized spacial score (nSPS) is 11.1. The van der Waals surface area contributed by atoms with E-state index < -0.39 is 62.1 Å². The Morgan fingerprint density at radius 1 is 0.812 bits per heavy atom. The molecule has 0 saturated heterocycles. The molecule has 1 aromatic rings. The summed E-state index contributed by atoms with van der Waals surface area (Å²) in [6.45, 7) is -2.80. The van der Waals surface area contributed by atoms with Crippen molar-refractivity contribution < 1.29 is 26.5 Å². The van der Waals surface area contributed by atoms with Crippen molar-refractivity contribution in [3.8, 4) is 0 Å². The van der Waals surface area contributed by atoms with E-state index in [9.17, 15) is 26.5 Å². The summed E-state index contributed by atoms with van der Waals surface area (Å²) >= 11 is 0. The van der Waals surface area contributed by atoms with Crippen molar-refractivity contribution >= 4 is 8.46 Å². The molecule has 1 aromatic carbocycles. The van der Waals surface area contributed by atoms with Gasteiger partial charge in [-0.15, -0.1) is 0 Å². The van der Waals surface area contributed by atoms with Gasteiger partial charge in [-0.2, -0.15) is 0 Å². The Kier molecular flexibility index (Phi) is 4.35. The van der Waals surface area contributed by atoms with E-state index in [-0.39, 0.29) is 0 Å². The molecule has 0 spiro atoms. The molecule has 0 N–H and O–H groups in total. The Morgan fingerprint density at radius 2 is 1.31 bits per heavy atom. The molecular formula is C9H6F5OP. The van der Waals surface area contributed by atoms with Gasteiger partial charge in [0, 0.05) is 11.1 Å². The van der Waals surface area contributed by atoms with Crippen molar-refractivity contribution in [3.05, 3.63) is 34.1 Å². The van der Waals surface area contributed by atoms with E-state index in [0.29, 0.717) is 0 Å². The maximum absolute atomic E-state index is 13.2. The Bertz CT molecular complexity index is 421. The van der Waals surface area contributed by atoms with Crippen LogP contribution >= 0.6 is 8.46 Å². The predicted octanol–water partition coefficient (Wildman–Crippen LogP) is 3.83. The van der Waals surface area contributed by atoms with Gasteiger partial charge in [0.25, 0.3) is 0 Å². The summed E-state index contributed by atoms with van der Waals surface area (Å²) in [7, 11) is -0.591. The van der Waals surface area contributed by atoms with Crippen LogP contribution in [0.1, 0.15) is 16.7 Å². The second-order valence-electron chi connectivity index (χ2n) is 2.93. The third-order valence-corrected chi connectivity index (χ3v) is 2.58. The fourth-order valence-electron chi connectivity index (χ4n) is 1.34. The van der Waals surface area contributed by atoms with Gasteiger partial charge in [-0.1, -0.05) is 0 Å². The highest BCUT2D eigenvalue weighted by Gasteiger charge is 2.24. The zero-order valence-corrected chi connectivity index (χ0v) is 8.76. The highest BCUT2D eigenvalue weighted by Crippen LogP contribution is 2.29. The maximum atomic E-state index is 13.2. The summed E-state index contributed by atoms with van der Waals surface area (Å²) in [5.74, 6) is -5.23. The summed E-state index contributed by atoms with van der Waals surface area (Å²) in [6.07, 6.45) is -0.532. The lowest BCUT2D eigenvalue weighted by molar-refractivity contribution is 0.394. The van der Waals surface area contributed by atoms with Crippen molar-refractivity contribution in [3.63, 3.8) is 0 Å². The number of rotatable bonds is 4. The van der Waals surface area contributed by atoms with Crippen molar-refractivity contribution in [2.24, 2.45) is 0 Å². The average molecular weight is 256 g/mol. The minimum absolute atomic E-state index is 0.532. The Hall–Kier alpha value is -1.03. The molecule has 1 nitrogen and oxygen atoms in total. The Balaban J connectivity index is 3.57. The SMILES string of the molecule is O=PCc1c(F)c(F)c(F)c(CF)c1CF. The highest BCUT2D eigenvalue weighted by atomic mass is 31.1. The molecule has 0 aliphatic rings. The molecule has 0 saturated carbocycles. The molecule has 0 aromatic heterocycles. The van der Waals surface area contributed by atoms with Crippen LogP contribution in [0.15, 0.2) is 0 Å². The van der Waals surface area contributed by atoms with Crippen LogP contribution in [0.5, 0.6) is 0 Å². The van der Waals surface area contributed by atoms with Crippen LogP contribution in [-0.2, 0) is 24.1 Å². The molecular weight excluding hydrogens is 250 g/mol. The van der Waals surface area contributed by atoms with Crippen LogP contribution in [0.25, 0.3) is 0 Å². The van der Waals surface area contributed by atoms with Crippen molar-refractivity contribution in [1.82, 2.24) is 0 Å². The minimum Gasteiger partial charge on any atom is -0.275 e. The van der Waals surface area contributed by atoms with E-state index in [0.717, 1.165) is 0 Å². The summed E-state index contributed by atoms with van der Waals surface area (Å²) in [5, 5.41) is 0. The van der Waals surface area contributed by atoms with Crippen LogP contribution in [0.4, 0.5) is 22.0 Å². The van der Waals surface area contributed by atoms with E-state index in [1.165, 1.54) is 0 Å². The number of benzene rings is 1. The first-order chi connectivity index (χ1) is 7.58. The molecule has 0 fully saturated rings. The van der Waals surface area contributed by atoms with Gasteiger partial charge in [-0.3, -0.25) is 4.57 Å². The molecule has 0 aliphatic heterocycles. The van der Waals surface area contributed by atoms with E-state index in [1.807, 2.05) is 0 Å². The third kappa shape index (κ3) is 2.07. The lowest BCUT2D eigenvalue weighted by Gasteiger charge is -2.11. The minimum atomic E-state index is -1.87. The van der Waals surface area contributed by atoms with Gasteiger partial charge in [0.05, 0.1) is 6.16 Å².